The fraction of sp³-hybridized carbons (Fsp3) is 0.176. The van der Waals surface area contributed by atoms with Gasteiger partial charge in [0.1, 0.15) is 11.6 Å². The molecule has 144 valence electrons. The van der Waals surface area contributed by atoms with Gasteiger partial charge in [0, 0.05) is 29.4 Å². The zero-order valence-electron chi connectivity index (χ0n) is 14.9. The zero-order chi connectivity index (χ0) is 20.1. The molecule has 10 nitrogen and oxygen atoms in total. The minimum Gasteiger partial charge on any atom is -0.480 e. The molecule has 0 radical (unpaired) electrons. The van der Waals surface area contributed by atoms with Gasteiger partial charge in [0.05, 0.1) is 22.3 Å². The second-order valence-corrected chi connectivity index (χ2v) is 8.42. The number of aromatic nitrogens is 5. The normalized spacial score (nSPS) is 13.1. The lowest BCUT2D eigenvalue weighted by Gasteiger charge is -2.08. The lowest BCUT2D eigenvalue weighted by molar-refractivity contribution is -0.140. The highest BCUT2D eigenvalue weighted by Gasteiger charge is 2.17. The molecule has 1 aromatic carbocycles. The van der Waals surface area contributed by atoms with Crippen molar-refractivity contribution in [2.75, 3.05) is 11.6 Å². The van der Waals surface area contributed by atoms with Crippen LogP contribution in [0.15, 0.2) is 41.7 Å². The van der Waals surface area contributed by atoms with Gasteiger partial charge in [-0.2, -0.15) is 10.2 Å². The number of sulfone groups is 1. The summed E-state index contributed by atoms with van der Waals surface area (Å²) in [6, 6.07) is 3.91. The standard InChI is InChI=1S/C17H16N6O4S/c1-9(17(24)25)23-8-10(6-19-23)20-16-15-13(7-18-22-15)12-5-11(28(2,26)27)3-4-14(12)21-16/h3-9H,1-2H3,(H,18,22)(H,20,21)(H,24,25). The van der Waals surface area contributed by atoms with E-state index in [2.05, 4.69) is 25.6 Å². The molecule has 3 heterocycles. The van der Waals surface area contributed by atoms with Crippen LogP contribution in [0.3, 0.4) is 0 Å². The summed E-state index contributed by atoms with van der Waals surface area (Å²) in [5, 5.41) is 24.6. The van der Waals surface area contributed by atoms with Crippen LogP contribution in [0, 0.1) is 0 Å². The van der Waals surface area contributed by atoms with Gasteiger partial charge < -0.3 is 10.4 Å². The Morgan fingerprint density at radius 1 is 1.32 bits per heavy atom. The van der Waals surface area contributed by atoms with Gasteiger partial charge >= 0.3 is 5.97 Å². The maximum absolute atomic E-state index is 11.9. The highest BCUT2D eigenvalue weighted by atomic mass is 32.2. The first-order chi connectivity index (χ1) is 13.2. The van der Waals surface area contributed by atoms with E-state index >= 15 is 0 Å². The Bertz CT molecular complexity index is 1320. The molecular formula is C17H16N6O4S. The predicted molar refractivity (Wildman–Crippen MR) is 102 cm³/mol. The van der Waals surface area contributed by atoms with Crippen LogP contribution in [0.2, 0.25) is 0 Å². The van der Waals surface area contributed by atoms with E-state index in [9.17, 15) is 13.2 Å². The fourth-order valence-electron chi connectivity index (χ4n) is 2.86. The Balaban J connectivity index is 1.80. The van der Waals surface area contributed by atoms with Crippen LogP contribution < -0.4 is 5.32 Å². The van der Waals surface area contributed by atoms with Gasteiger partial charge in [-0.3, -0.25) is 9.78 Å². The second kappa shape index (κ2) is 6.30. The van der Waals surface area contributed by atoms with Crippen molar-refractivity contribution in [1.29, 1.82) is 0 Å². The lowest BCUT2D eigenvalue weighted by Crippen LogP contribution is -2.15. The van der Waals surface area contributed by atoms with Gasteiger partial charge in [0.2, 0.25) is 0 Å². The number of H-pyrrole nitrogens is 1. The quantitative estimate of drug-likeness (QED) is 0.462. The number of aromatic amines is 1. The van der Waals surface area contributed by atoms with Crippen LogP contribution in [0.1, 0.15) is 13.0 Å². The number of nitrogens with zero attached hydrogens (tertiary/aromatic N) is 4. The minimum atomic E-state index is -3.35. The van der Waals surface area contributed by atoms with E-state index in [1.165, 1.54) is 23.9 Å². The maximum atomic E-state index is 11.9. The molecule has 0 spiro atoms. The van der Waals surface area contributed by atoms with Crippen molar-refractivity contribution in [2.45, 2.75) is 17.9 Å². The minimum absolute atomic E-state index is 0.203. The Morgan fingerprint density at radius 3 is 2.82 bits per heavy atom. The van der Waals surface area contributed by atoms with Crippen molar-refractivity contribution >= 4 is 49.1 Å². The van der Waals surface area contributed by atoms with Crippen molar-refractivity contribution in [1.82, 2.24) is 25.0 Å². The maximum Gasteiger partial charge on any atom is 0.328 e. The third-order valence-corrected chi connectivity index (χ3v) is 5.51. The molecule has 0 aliphatic carbocycles. The summed E-state index contributed by atoms with van der Waals surface area (Å²) in [5.74, 6) is -0.548. The van der Waals surface area contributed by atoms with E-state index in [4.69, 9.17) is 5.11 Å². The average Bonchev–Trinajstić information content (AvgIpc) is 3.29. The molecule has 0 fully saturated rings. The number of carboxylic acid groups (broad SMARTS) is 1. The average molecular weight is 400 g/mol. The predicted octanol–water partition coefficient (Wildman–Crippen LogP) is 2.10. The van der Waals surface area contributed by atoms with Crippen molar-refractivity contribution in [3.8, 4) is 0 Å². The van der Waals surface area contributed by atoms with Crippen molar-refractivity contribution in [3.05, 3.63) is 36.8 Å². The fourth-order valence-corrected chi connectivity index (χ4v) is 3.51. The molecule has 4 rings (SSSR count). The number of aliphatic carboxylic acids is 1. The van der Waals surface area contributed by atoms with Crippen LogP contribution >= 0.6 is 0 Å². The number of hydrogen-bond acceptors (Lipinski definition) is 7. The summed E-state index contributed by atoms with van der Waals surface area (Å²) in [6.07, 6.45) is 5.89. The van der Waals surface area contributed by atoms with E-state index in [-0.39, 0.29) is 4.90 Å². The summed E-state index contributed by atoms with van der Waals surface area (Å²) in [4.78, 5) is 15.8. The van der Waals surface area contributed by atoms with E-state index in [0.717, 1.165) is 6.26 Å². The molecule has 11 heteroatoms. The smallest absolute Gasteiger partial charge is 0.328 e. The monoisotopic (exact) mass is 400 g/mol. The van der Waals surface area contributed by atoms with Crippen LogP contribution in [0.4, 0.5) is 11.5 Å². The third kappa shape index (κ3) is 3.05. The summed E-state index contributed by atoms with van der Waals surface area (Å²) >= 11 is 0. The number of rotatable bonds is 5. The Hall–Kier alpha value is -3.47. The van der Waals surface area contributed by atoms with Crippen molar-refractivity contribution < 1.29 is 18.3 Å². The number of carbonyl (C=O) groups is 1. The van der Waals surface area contributed by atoms with Crippen molar-refractivity contribution in [2.24, 2.45) is 0 Å². The number of benzene rings is 1. The lowest BCUT2D eigenvalue weighted by atomic mass is 10.1. The molecule has 0 saturated carbocycles. The van der Waals surface area contributed by atoms with Crippen molar-refractivity contribution in [3.63, 3.8) is 0 Å². The Kier molecular flexibility index (Phi) is 4.03. The third-order valence-electron chi connectivity index (χ3n) is 4.40. The number of carboxylic acids is 1. The first kappa shape index (κ1) is 17.9. The SMILES string of the molecule is CC(C(=O)O)n1cc(Nc2nc3ccc(S(C)(=O)=O)cc3c3c[nH]nc23)cn1. The largest absolute Gasteiger partial charge is 0.480 e. The van der Waals surface area contributed by atoms with Crippen LogP contribution in [-0.2, 0) is 14.6 Å². The van der Waals surface area contributed by atoms with E-state index < -0.39 is 21.8 Å². The summed E-state index contributed by atoms with van der Waals surface area (Å²) in [5.41, 5.74) is 1.67. The molecular weight excluding hydrogens is 384 g/mol. The van der Waals surface area contributed by atoms with Gasteiger partial charge in [-0.25, -0.2) is 18.2 Å². The van der Waals surface area contributed by atoms with Gasteiger partial charge in [-0.05, 0) is 25.1 Å². The Morgan fingerprint density at radius 2 is 2.11 bits per heavy atom. The molecule has 0 aliphatic heterocycles. The number of anilines is 2. The molecule has 0 aliphatic rings. The molecule has 0 bridgehead atoms. The van der Waals surface area contributed by atoms with E-state index in [1.54, 1.807) is 24.5 Å². The molecule has 28 heavy (non-hydrogen) atoms. The van der Waals surface area contributed by atoms with Crippen LogP contribution in [-0.4, -0.2) is 50.7 Å². The molecule has 3 aromatic heterocycles. The summed E-state index contributed by atoms with van der Waals surface area (Å²) in [6.45, 7) is 1.53. The first-order valence-corrected chi connectivity index (χ1v) is 10.1. The molecule has 1 atom stereocenters. The second-order valence-electron chi connectivity index (χ2n) is 6.41. The van der Waals surface area contributed by atoms with Crippen LogP contribution in [0.25, 0.3) is 21.8 Å². The van der Waals surface area contributed by atoms with Crippen LogP contribution in [0.5, 0.6) is 0 Å². The molecule has 3 N–H and O–H groups in total. The van der Waals surface area contributed by atoms with Gasteiger partial charge in [0.15, 0.2) is 15.7 Å². The molecule has 0 saturated heterocycles. The number of pyridine rings is 1. The zero-order valence-corrected chi connectivity index (χ0v) is 15.7. The highest BCUT2D eigenvalue weighted by Crippen LogP contribution is 2.31. The first-order valence-electron chi connectivity index (χ1n) is 8.25. The summed E-state index contributed by atoms with van der Waals surface area (Å²) < 4.78 is 25.0. The van der Waals surface area contributed by atoms with Gasteiger partial charge in [0.25, 0.3) is 0 Å². The molecule has 4 aromatic rings. The Labute approximate surface area is 159 Å². The van der Waals surface area contributed by atoms with E-state index in [1.807, 2.05) is 0 Å². The topological polar surface area (TPSA) is 143 Å². The van der Waals surface area contributed by atoms with Gasteiger partial charge in [-0.15, -0.1) is 0 Å². The number of hydrogen-bond donors (Lipinski definition) is 3. The molecule has 1 unspecified atom stereocenters. The summed E-state index contributed by atoms with van der Waals surface area (Å²) in [7, 11) is -3.35. The number of nitrogens with one attached hydrogen (secondary N) is 2. The van der Waals surface area contributed by atoms with E-state index in [0.29, 0.717) is 33.3 Å². The number of fused-ring (bicyclic) bond motifs is 3. The highest BCUT2D eigenvalue weighted by molar-refractivity contribution is 7.90. The van der Waals surface area contributed by atoms with Gasteiger partial charge in [-0.1, -0.05) is 0 Å². The molecule has 0 amide bonds.